The Balaban J connectivity index is 1.96. The van der Waals surface area contributed by atoms with Crippen molar-refractivity contribution < 1.29 is 14.8 Å². The lowest BCUT2D eigenvalue weighted by Crippen LogP contribution is -2.44. The Hall–Kier alpha value is -1.82. The van der Waals surface area contributed by atoms with E-state index in [1.54, 1.807) is 6.07 Å². The third kappa shape index (κ3) is 2.68. The van der Waals surface area contributed by atoms with E-state index in [1.807, 2.05) is 13.0 Å². The van der Waals surface area contributed by atoms with Crippen molar-refractivity contribution in [2.45, 2.75) is 50.8 Å². The third-order valence-electron chi connectivity index (χ3n) is 4.40. The van der Waals surface area contributed by atoms with Crippen molar-refractivity contribution in [1.82, 2.24) is 0 Å². The number of ether oxygens (including phenoxy) is 1. The van der Waals surface area contributed by atoms with E-state index in [2.05, 4.69) is 4.90 Å². The number of aliphatic hydroxyl groups is 1. The number of nitrogens with zero attached hydrogens (tertiary/aromatic N) is 2. The normalized spacial score (nSPS) is 27.7. The van der Waals surface area contributed by atoms with E-state index in [4.69, 9.17) is 4.74 Å². The van der Waals surface area contributed by atoms with Crippen molar-refractivity contribution in [1.29, 1.82) is 0 Å². The van der Waals surface area contributed by atoms with Gasteiger partial charge in [0.2, 0.25) is 0 Å². The first-order chi connectivity index (χ1) is 10.1. The molecule has 2 aliphatic heterocycles. The van der Waals surface area contributed by atoms with Crippen LogP contribution in [0, 0.1) is 10.1 Å². The number of fused-ring (bicyclic) bond motifs is 2. The summed E-state index contributed by atoms with van der Waals surface area (Å²) in [7, 11) is 0. The number of piperidine rings is 1. The zero-order valence-corrected chi connectivity index (χ0v) is 12.1. The first-order valence-electron chi connectivity index (χ1n) is 7.47. The Kier molecular flexibility index (Phi) is 3.71. The number of hydrogen-bond donors (Lipinski definition) is 1. The highest BCUT2D eigenvalue weighted by Crippen LogP contribution is 2.41. The molecule has 0 radical (unpaired) electrons. The van der Waals surface area contributed by atoms with E-state index in [0.29, 0.717) is 12.4 Å². The summed E-state index contributed by atoms with van der Waals surface area (Å²) in [6, 6.07) is 5.50. The molecule has 2 aliphatic rings. The molecule has 1 N–H and O–H groups in total. The minimum Gasteiger partial charge on any atom is -0.494 e. The van der Waals surface area contributed by atoms with Gasteiger partial charge in [-0.25, -0.2) is 0 Å². The maximum Gasteiger partial charge on any atom is 0.275 e. The van der Waals surface area contributed by atoms with Crippen LogP contribution in [0.1, 0.15) is 32.6 Å². The number of non-ortho nitro benzene ring substituents is 1. The number of nitro groups is 1. The number of nitro benzene ring substituents is 1. The fraction of sp³-hybridized carbons (Fsp3) is 0.600. The first kappa shape index (κ1) is 14.1. The molecule has 2 fully saturated rings. The maximum absolute atomic E-state index is 11.1. The lowest BCUT2D eigenvalue weighted by atomic mass is 9.99. The smallest absolute Gasteiger partial charge is 0.275 e. The zero-order chi connectivity index (χ0) is 15.0. The van der Waals surface area contributed by atoms with Crippen LogP contribution in [0.25, 0.3) is 0 Å². The fourth-order valence-corrected chi connectivity index (χ4v) is 3.64. The van der Waals surface area contributed by atoms with Gasteiger partial charge in [-0.05, 0) is 32.6 Å². The molecular weight excluding hydrogens is 272 g/mol. The predicted molar refractivity (Wildman–Crippen MR) is 78.8 cm³/mol. The van der Waals surface area contributed by atoms with E-state index >= 15 is 0 Å². The summed E-state index contributed by atoms with van der Waals surface area (Å²) in [5, 5.41) is 21.0. The van der Waals surface area contributed by atoms with Gasteiger partial charge in [-0.1, -0.05) is 0 Å². The van der Waals surface area contributed by atoms with Gasteiger partial charge in [0.25, 0.3) is 5.69 Å². The average Bonchev–Trinajstić information content (AvgIpc) is 2.71. The van der Waals surface area contributed by atoms with Gasteiger partial charge in [-0.2, -0.15) is 0 Å². The van der Waals surface area contributed by atoms with Gasteiger partial charge < -0.3 is 14.7 Å². The summed E-state index contributed by atoms with van der Waals surface area (Å²) in [5.41, 5.74) is 0.897. The Morgan fingerprint density at radius 2 is 2.00 bits per heavy atom. The Labute approximate surface area is 123 Å². The molecular formula is C15H20N2O4. The molecule has 0 amide bonds. The molecule has 2 unspecified atom stereocenters. The van der Waals surface area contributed by atoms with Crippen LogP contribution in [0.3, 0.4) is 0 Å². The molecule has 2 atom stereocenters. The summed E-state index contributed by atoms with van der Waals surface area (Å²) >= 11 is 0. The van der Waals surface area contributed by atoms with Crippen molar-refractivity contribution >= 4 is 11.4 Å². The summed E-state index contributed by atoms with van der Waals surface area (Å²) < 4.78 is 5.46. The Morgan fingerprint density at radius 3 is 2.57 bits per heavy atom. The van der Waals surface area contributed by atoms with Gasteiger partial charge in [0.15, 0.2) is 0 Å². The fourth-order valence-electron chi connectivity index (χ4n) is 3.64. The topological polar surface area (TPSA) is 75.8 Å². The molecule has 0 aliphatic carbocycles. The number of rotatable bonds is 4. The summed E-state index contributed by atoms with van der Waals surface area (Å²) in [4.78, 5) is 13.0. The molecule has 6 heteroatoms. The van der Waals surface area contributed by atoms with Gasteiger partial charge >= 0.3 is 0 Å². The number of anilines is 1. The van der Waals surface area contributed by atoms with Crippen molar-refractivity contribution in [2.75, 3.05) is 11.5 Å². The molecule has 3 rings (SSSR count). The van der Waals surface area contributed by atoms with E-state index in [1.165, 1.54) is 6.07 Å². The molecule has 2 saturated heterocycles. The minimum absolute atomic E-state index is 0.0569. The number of benzene rings is 1. The third-order valence-corrected chi connectivity index (χ3v) is 4.40. The van der Waals surface area contributed by atoms with Crippen LogP contribution in [0.4, 0.5) is 11.4 Å². The van der Waals surface area contributed by atoms with E-state index < -0.39 is 0 Å². The standard InChI is InChI=1S/C15H20N2O4/c1-2-21-15-8-12(5-13(9-15)17(19)20)16-10-3-4-11(16)7-14(18)6-10/h5,8-11,14,18H,2-4,6-7H2,1H3. The largest absolute Gasteiger partial charge is 0.494 e. The molecule has 6 nitrogen and oxygen atoms in total. The molecule has 0 aromatic heterocycles. The monoisotopic (exact) mass is 292 g/mol. The predicted octanol–water partition coefficient (Wildman–Crippen LogP) is 2.49. The van der Waals surface area contributed by atoms with E-state index in [-0.39, 0.29) is 28.8 Å². The number of hydrogen-bond acceptors (Lipinski definition) is 5. The first-order valence-corrected chi connectivity index (χ1v) is 7.47. The second-order valence-electron chi connectivity index (χ2n) is 5.79. The van der Waals surface area contributed by atoms with E-state index in [9.17, 15) is 15.2 Å². The van der Waals surface area contributed by atoms with Crippen molar-refractivity contribution in [3.63, 3.8) is 0 Å². The summed E-state index contributed by atoms with van der Waals surface area (Å²) in [6.45, 7) is 2.34. The summed E-state index contributed by atoms with van der Waals surface area (Å²) in [5.74, 6) is 0.534. The highest BCUT2D eigenvalue weighted by Gasteiger charge is 2.40. The van der Waals surface area contributed by atoms with Crippen molar-refractivity contribution in [2.24, 2.45) is 0 Å². The van der Waals surface area contributed by atoms with Gasteiger partial charge in [-0.15, -0.1) is 0 Å². The molecule has 114 valence electrons. The second-order valence-corrected chi connectivity index (χ2v) is 5.79. The highest BCUT2D eigenvalue weighted by molar-refractivity contribution is 5.60. The van der Waals surface area contributed by atoms with Gasteiger partial charge in [0.05, 0.1) is 23.7 Å². The average molecular weight is 292 g/mol. The van der Waals surface area contributed by atoms with Crippen LogP contribution in [0.5, 0.6) is 5.75 Å². The molecule has 0 spiro atoms. The molecule has 1 aromatic carbocycles. The second kappa shape index (κ2) is 5.52. The van der Waals surface area contributed by atoms with Crippen LogP contribution in [0.2, 0.25) is 0 Å². The highest BCUT2D eigenvalue weighted by atomic mass is 16.6. The van der Waals surface area contributed by atoms with Crippen LogP contribution >= 0.6 is 0 Å². The summed E-state index contributed by atoms with van der Waals surface area (Å²) in [6.07, 6.45) is 3.30. The zero-order valence-electron chi connectivity index (χ0n) is 12.1. The SMILES string of the molecule is CCOc1cc(N2C3CCC2CC(O)C3)cc([N+](=O)[O-])c1. The van der Waals surface area contributed by atoms with Gasteiger partial charge in [0.1, 0.15) is 5.75 Å². The minimum atomic E-state index is -0.382. The van der Waals surface area contributed by atoms with Gasteiger partial charge in [0, 0.05) is 29.9 Å². The number of aliphatic hydroxyl groups excluding tert-OH is 1. The lowest BCUT2D eigenvalue weighted by molar-refractivity contribution is -0.384. The molecule has 2 bridgehead atoms. The van der Waals surface area contributed by atoms with Crippen LogP contribution in [0.15, 0.2) is 18.2 Å². The van der Waals surface area contributed by atoms with Crippen molar-refractivity contribution in [3.8, 4) is 5.75 Å². The molecule has 2 heterocycles. The van der Waals surface area contributed by atoms with Crippen LogP contribution in [-0.4, -0.2) is 34.8 Å². The van der Waals surface area contributed by atoms with Gasteiger partial charge in [-0.3, -0.25) is 10.1 Å². The van der Waals surface area contributed by atoms with Crippen molar-refractivity contribution in [3.05, 3.63) is 28.3 Å². The lowest BCUT2D eigenvalue weighted by Gasteiger charge is -2.39. The van der Waals surface area contributed by atoms with Crippen LogP contribution < -0.4 is 9.64 Å². The quantitative estimate of drug-likeness (QED) is 0.681. The maximum atomic E-state index is 11.1. The molecule has 21 heavy (non-hydrogen) atoms. The molecule has 1 aromatic rings. The Bertz CT molecular complexity index is 534. The Morgan fingerprint density at radius 1 is 1.33 bits per heavy atom. The molecule has 0 saturated carbocycles. The van der Waals surface area contributed by atoms with Crippen LogP contribution in [-0.2, 0) is 0 Å². The van der Waals surface area contributed by atoms with E-state index in [0.717, 1.165) is 31.4 Å².